The minimum absolute atomic E-state index is 0.0528. The number of amides is 1. The summed E-state index contributed by atoms with van der Waals surface area (Å²) in [7, 11) is 1.92. The molecule has 1 atom stereocenters. The minimum Gasteiger partial charge on any atom is -0.394 e. The molecule has 0 saturated carbocycles. The highest BCUT2D eigenvalue weighted by molar-refractivity contribution is 6.30. The molecule has 8 nitrogen and oxygen atoms in total. The van der Waals surface area contributed by atoms with Crippen molar-refractivity contribution in [3.05, 3.63) is 83.2 Å². The highest BCUT2D eigenvalue weighted by atomic mass is 35.5. The summed E-state index contributed by atoms with van der Waals surface area (Å²) in [4.78, 5) is 23.5. The van der Waals surface area contributed by atoms with Crippen LogP contribution in [0.3, 0.4) is 0 Å². The van der Waals surface area contributed by atoms with Crippen LogP contribution in [-0.2, 0) is 13.6 Å². The lowest BCUT2D eigenvalue weighted by Crippen LogP contribution is -2.32. The van der Waals surface area contributed by atoms with Crippen molar-refractivity contribution in [2.24, 2.45) is 7.05 Å². The Morgan fingerprint density at radius 2 is 2.12 bits per heavy atom. The Bertz CT molecular complexity index is 1350. The van der Waals surface area contributed by atoms with Crippen molar-refractivity contribution < 1.29 is 14.3 Å². The molecule has 0 bridgehead atoms. The molecule has 0 saturated heterocycles. The van der Waals surface area contributed by atoms with Gasteiger partial charge < -0.3 is 19.9 Å². The third-order valence-electron chi connectivity index (χ3n) is 5.70. The van der Waals surface area contributed by atoms with Gasteiger partial charge in [0, 0.05) is 36.9 Å². The summed E-state index contributed by atoms with van der Waals surface area (Å²) >= 11 is 5.90. The van der Waals surface area contributed by atoms with Crippen molar-refractivity contribution in [1.29, 1.82) is 0 Å². The van der Waals surface area contributed by atoms with E-state index in [-0.39, 0.29) is 17.7 Å². The van der Waals surface area contributed by atoms with Gasteiger partial charge in [-0.2, -0.15) is 0 Å². The Balaban J connectivity index is 1.38. The molecule has 0 aliphatic carbocycles. The van der Waals surface area contributed by atoms with Gasteiger partial charge in [-0.05, 0) is 42.0 Å². The number of hydrogen-bond acceptors (Lipinski definition) is 5. The molecule has 33 heavy (non-hydrogen) atoms. The highest BCUT2D eigenvalue weighted by Gasteiger charge is 2.34. The first-order valence-electron chi connectivity index (χ1n) is 10.2. The van der Waals surface area contributed by atoms with Gasteiger partial charge in [0.05, 0.1) is 29.9 Å². The summed E-state index contributed by atoms with van der Waals surface area (Å²) in [5.74, 6) is 0.752. The van der Waals surface area contributed by atoms with Gasteiger partial charge in [-0.25, -0.2) is 19.2 Å². The fraction of sp³-hybridized carbons (Fsp3) is 0.174. The largest absolute Gasteiger partial charge is 0.394 e. The molecular weight excluding hydrogens is 447 g/mol. The summed E-state index contributed by atoms with van der Waals surface area (Å²) in [6.07, 6.45) is 5.30. The molecule has 4 aromatic rings. The van der Waals surface area contributed by atoms with Crippen molar-refractivity contribution in [2.75, 3.05) is 11.9 Å². The maximum absolute atomic E-state index is 13.5. The third kappa shape index (κ3) is 3.85. The zero-order valence-corrected chi connectivity index (χ0v) is 18.4. The van der Waals surface area contributed by atoms with Crippen LogP contribution in [-0.4, -0.2) is 41.7 Å². The number of fused-ring (bicyclic) bond motifs is 1. The fourth-order valence-corrected chi connectivity index (χ4v) is 4.15. The van der Waals surface area contributed by atoms with E-state index in [1.54, 1.807) is 18.5 Å². The third-order valence-corrected chi connectivity index (χ3v) is 5.99. The number of hydrogen-bond donors (Lipinski definition) is 2. The van der Waals surface area contributed by atoms with E-state index in [2.05, 4.69) is 15.3 Å². The van der Waals surface area contributed by atoms with Gasteiger partial charge in [-0.3, -0.25) is 4.57 Å². The molecule has 0 radical (unpaired) electrons. The molecule has 10 heteroatoms. The Labute approximate surface area is 193 Å². The second kappa shape index (κ2) is 8.34. The van der Waals surface area contributed by atoms with Gasteiger partial charge in [0.15, 0.2) is 0 Å². The van der Waals surface area contributed by atoms with E-state index >= 15 is 0 Å². The number of aryl methyl sites for hydroxylation is 1. The smallest absolute Gasteiger partial charge is 0.329 e. The van der Waals surface area contributed by atoms with Crippen LogP contribution in [0.1, 0.15) is 17.3 Å². The maximum Gasteiger partial charge on any atom is 0.329 e. The lowest BCUT2D eigenvalue weighted by molar-refractivity contribution is 0.141. The quantitative estimate of drug-likeness (QED) is 0.441. The summed E-state index contributed by atoms with van der Waals surface area (Å²) in [5.41, 5.74) is 2.78. The van der Waals surface area contributed by atoms with Crippen LogP contribution in [0, 0.1) is 5.82 Å². The van der Waals surface area contributed by atoms with Gasteiger partial charge >= 0.3 is 6.03 Å². The minimum atomic E-state index is -0.640. The summed E-state index contributed by atoms with van der Waals surface area (Å²) in [6, 6.07) is 10.8. The van der Waals surface area contributed by atoms with E-state index in [1.165, 1.54) is 27.7 Å². The zero-order chi connectivity index (χ0) is 23.1. The monoisotopic (exact) mass is 466 g/mol. The number of nitrogens with one attached hydrogen (secondary N) is 1. The molecule has 3 aromatic heterocycles. The Hall–Kier alpha value is -3.69. The van der Waals surface area contributed by atoms with Gasteiger partial charge in [0.2, 0.25) is 5.95 Å². The van der Waals surface area contributed by atoms with Crippen LogP contribution in [0.5, 0.6) is 0 Å². The molecule has 0 fully saturated rings. The van der Waals surface area contributed by atoms with Crippen molar-refractivity contribution in [3.8, 4) is 11.3 Å². The molecule has 0 spiro atoms. The zero-order valence-electron chi connectivity index (χ0n) is 17.6. The summed E-state index contributed by atoms with van der Waals surface area (Å²) < 4.78 is 17.0. The van der Waals surface area contributed by atoms with E-state index in [1.807, 2.05) is 36.0 Å². The van der Waals surface area contributed by atoms with Crippen LogP contribution in [0.25, 0.3) is 11.3 Å². The summed E-state index contributed by atoms with van der Waals surface area (Å²) in [6.45, 7) is -0.0237. The number of carbonyl (C=O) groups is 1. The first-order valence-corrected chi connectivity index (χ1v) is 10.6. The SMILES string of the molecule is Cn1cccc1Nc1nccc(-c2cc3n(c2)C(=O)N([C@H](CO)c2ccc(F)c(Cl)c2)C3)n1. The number of anilines is 2. The van der Waals surface area contributed by atoms with E-state index in [4.69, 9.17) is 11.6 Å². The van der Waals surface area contributed by atoms with Crippen molar-refractivity contribution in [3.63, 3.8) is 0 Å². The van der Waals surface area contributed by atoms with E-state index in [9.17, 15) is 14.3 Å². The van der Waals surface area contributed by atoms with Crippen LogP contribution in [0.15, 0.2) is 61.1 Å². The van der Waals surface area contributed by atoms with Gasteiger partial charge in [-0.1, -0.05) is 17.7 Å². The maximum atomic E-state index is 13.5. The normalized spacial score (nSPS) is 13.9. The van der Waals surface area contributed by atoms with Gasteiger partial charge in [0.1, 0.15) is 11.6 Å². The average molecular weight is 467 g/mol. The van der Waals surface area contributed by atoms with Gasteiger partial charge in [0.25, 0.3) is 0 Å². The number of halogens is 2. The molecule has 0 unspecified atom stereocenters. The lowest BCUT2D eigenvalue weighted by atomic mass is 10.1. The standard InChI is InChI=1S/C23H20ClFN6O2/c1-29-8-2-3-21(29)28-22-26-7-6-19(27-22)15-9-16-12-31(23(33)30(16)11-15)20(13-32)14-4-5-18(25)17(24)10-14/h2-11,20,32H,12-13H2,1H3,(H,26,27,28)/t20-/m1/s1. The number of aliphatic hydroxyl groups excluding tert-OH is 1. The Kier molecular flexibility index (Phi) is 5.35. The second-order valence-electron chi connectivity index (χ2n) is 7.77. The van der Waals surface area contributed by atoms with Crippen LogP contribution in [0.2, 0.25) is 5.02 Å². The molecule has 5 rings (SSSR count). The predicted molar refractivity (Wildman–Crippen MR) is 122 cm³/mol. The second-order valence-corrected chi connectivity index (χ2v) is 8.17. The molecule has 1 amide bonds. The first kappa shape index (κ1) is 21.2. The number of rotatable bonds is 6. The van der Waals surface area contributed by atoms with Crippen LogP contribution in [0.4, 0.5) is 21.0 Å². The summed E-state index contributed by atoms with van der Waals surface area (Å²) in [5, 5.41) is 13.1. The predicted octanol–water partition coefficient (Wildman–Crippen LogP) is 4.34. The van der Waals surface area contributed by atoms with Crippen molar-refractivity contribution in [1.82, 2.24) is 24.0 Å². The molecule has 1 aliphatic rings. The molecule has 4 heterocycles. The van der Waals surface area contributed by atoms with E-state index in [0.29, 0.717) is 23.8 Å². The Morgan fingerprint density at radius 1 is 1.27 bits per heavy atom. The molecular formula is C23H20ClFN6O2. The number of aromatic nitrogens is 4. The van der Waals surface area contributed by atoms with Crippen LogP contribution < -0.4 is 5.32 Å². The number of aliphatic hydroxyl groups is 1. The van der Waals surface area contributed by atoms with Crippen molar-refractivity contribution >= 4 is 29.4 Å². The van der Waals surface area contributed by atoms with Crippen molar-refractivity contribution in [2.45, 2.75) is 12.6 Å². The number of nitrogens with zero attached hydrogens (tertiary/aromatic N) is 5. The number of benzene rings is 1. The molecule has 1 aromatic carbocycles. The Morgan fingerprint density at radius 3 is 2.82 bits per heavy atom. The topological polar surface area (TPSA) is 88.2 Å². The number of carbonyl (C=O) groups excluding carboxylic acids is 1. The van der Waals surface area contributed by atoms with Gasteiger partial charge in [-0.15, -0.1) is 0 Å². The van der Waals surface area contributed by atoms with E-state index in [0.717, 1.165) is 17.1 Å². The highest BCUT2D eigenvalue weighted by Crippen LogP contribution is 2.33. The average Bonchev–Trinajstić information content (AvgIpc) is 3.49. The fourth-order valence-electron chi connectivity index (χ4n) is 3.96. The first-order chi connectivity index (χ1) is 15.9. The molecule has 168 valence electrons. The van der Waals surface area contributed by atoms with Crippen LogP contribution >= 0.6 is 11.6 Å². The molecule has 2 N–H and O–H groups in total. The van der Waals surface area contributed by atoms with E-state index < -0.39 is 11.9 Å². The lowest BCUT2D eigenvalue weighted by Gasteiger charge is -2.26. The molecule has 1 aliphatic heterocycles.